The summed E-state index contributed by atoms with van der Waals surface area (Å²) in [6.07, 6.45) is 3.20. The molecule has 2 aromatic heterocycles. The number of hydrogen-bond acceptors (Lipinski definition) is 4. The minimum atomic E-state index is -0.161. The highest BCUT2D eigenvalue weighted by atomic mass is 16.5. The third-order valence-electron chi connectivity index (χ3n) is 4.96. The number of rotatable bonds is 4. The third-order valence-corrected chi connectivity index (χ3v) is 4.96. The molecule has 0 atom stereocenters. The highest BCUT2D eigenvalue weighted by Crippen LogP contribution is 2.17. The molecule has 0 N–H and O–H groups in total. The molecule has 0 unspecified atom stereocenters. The van der Waals surface area contributed by atoms with Crippen LogP contribution in [0.2, 0.25) is 0 Å². The van der Waals surface area contributed by atoms with Gasteiger partial charge in [-0.2, -0.15) is 5.10 Å². The molecule has 7 nitrogen and oxygen atoms in total. The van der Waals surface area contributed by atoms with Gasteiger partial charge < -0.3 is 14.2 Å². The Balaban J connectivity index is 1.87. The molecule has 136 valence electrons. The summed E-state index contributed by atoms with van der Waals surface area (Å²) in [5, 5.41) is 4.48. The first kappa shape index (κ1) is 16.8. The molecule has 3 aromatic rings. The van der Waals surface area contributed by atoms with E-state index in [9.17, 15) is 9.59 Å². The highest BCUT2D eigenvalue weighted by Gasteiger charge is 2.22. The second-order valence-electron chi connectivity index (χ2n) is 6.62. The lowest BCUT2D eigenvalue weighted by Crippen LogP contribution is -2.35. The van der Waals surface area contributed by atoms with E-state index in [1.165, 1.54) is 0 Å². The maximum absolute atomic E-state index is 13.0. The van der Waals surface area contributed by atoms with E-state index in [4.69, 9.17) is 4.74 Å². The van der Waals surface area contributed by atoms with E-state index in [1.807, 2.05) is 29.2 Å². The highest BCUT2D eigenvalue weighted by molar-refractivity contribution is 5.94. The fourth-order valence-electron chi connectivity index (χ4n) is 3.60. The predicted octanol–water partition coefficient (Wildman–Crippen LogP) is 1.92. The van der Waals surface area contributed by atoms with Gasteiger partial charge in [-0.1, -0.05) is 12.1 Å². The molecule has 26 heavy (non-hydrogen) atoms. The Hall–Kier alpha value is -2.67. The Bertz CT molecular complexity index is 1010. The summed E-state index contributed by atoms with van der Waals surface area (Å²) >= 11 is 0. The van der Waals surface area contributed by atoms with Crippen LogP contribution in [0.15, 0.2) is 35.1 Å². The average Bonchev–Trinajstić information content (AvgIpc) is 3.14. The SMILES string of the molecule is COCCn1c(=O)c2cc(C(=O)N3CCCCC3)nn2c2ccccc21. The summed E-state index contributed by atoms with van der Waals surface area (Å²) in [7, 11) is 1.61. The van der Waals surface area contributed by atoms with Gasteiger partial charge in [0, 0.05) is 32.8 Å². The van der Waals surface area contributed by atoms with Crippen molar-refractivity contribution in [2.75, 3.05) is 26.8 Å². The van der Waals surface area contributed by atoms with Gasteiger partial charge in [0.25, 0.3) is 11.5 Å². The summed E-state index contributed by atoms with van der Waals surface area (Å²) in [4.78, 5) is 27.6. The van der Waals surface area contributed by atoms with Crippen LogP contribution >= 0.6 is 0 Å². The molecule has 7 heteroatoms. The van der Waals surface area contributed by atoms with Crippen LogP contribution in [0, 0.1) is 0 Å². The van der Waals surface area contributed by atoms with Gasteiger partial charge in [0.15, 0.2) is 5.69 Å². The van der Waals surface area contributed by atoms with Crippen LogP contribution < -0.4 is 5.56 Å². The first-order chi connectivity index (χ1) is 12.7. The number of methoxy groups -OCH3 is 1. The Morgan fingerprint density at radius 2 is 1.85 bits per heavy atom. The van der Waals surface area contributed by atoms with E-state index in [0.29, 0.717) is 24.4 Å². The maximum Gasteiger partial charge on any atom is 0.277 e. The summed E-state index contributed by atoms with van der Waals surface area (Å²) in [6.45, 7) is 2.40. The molecule has 4 rings (SSSR count). The lowest BCUT2D eigenvalue weighted by atomic mass is 10.1. The van der Waals surface area contributed by atoms with Gasteiger partial charge in [0.05, 0.1) is 17.6 Å². The molecule has 1 amide bonds. The molecule has 0 aliphatic carbocycles. The van der Waals surface area contributed by atoms with Gasteiger partial charge in [-0.3, -0.25) is 9.59 Å². The zero-order valence-electron chi connectivity index (χ0n) is 14.9. The monoisotopic (exact) mass is 354 g/mol. The predicted molar refractivity (Wildman–Crippen MR) is 98.6 cm³/mol. The second kappa shape index (κ2) is 6.92. The van der Waals surface area contributed by atoms with Gasteiger partial charge in [-0.25, -0.2) is 4.52 Å². The molecular weight excluding hydrogens is 332 g/mol. The zero-order valence-corrected chi connectivity index (χ0v) is 14.9. The van der Waals surface area contributed by atoms with E-state index >= 15 is 0 Å². The summed E-state index contributed by atoms with van der Waals surface area (Å²) in [6, 6.07) is 9.21. The number of amides is 1. The van der Waals surface area contributed by atoms with Crippen molar-refractivity contribution in [1.29, 1.82) is 0 Å². The van der Waals surface area contributed by atoms with Crippen molar-refractivity contribution >= 4 is 22.5 Å². The average molecular weight is 354 g/mol. The summed E-state index contributed by atoms with van der Waals surface area (Å²) < 4.78 is 8.42. The Morgan fingerprint density at radius 3 is 2.58 bits per heavy atom. The van der Waals surface area contributed by atoms with Crippen LogP contribution in [0.5, 0.6) is 0 Å². The van der Waals surface area contributed by atoms with Crippen LogP contribution in [0.4, 0.5) is 0 Å². The second-order valence-corrected chi connectivity index (χ2v) is 6.62. The molecule has 0 radical (unpaired) electrons. The topological polar surface area (TPSA) is 68.8 Å². The van der Waals surface area contributed by atoms with E-state index in [-0.39, 0.29) is 11.5 Å². The van der Waals surface area contributed by atoms with Crippen molar-refractivity contribution in [2.24, 2.45) is 0 Å². The number of carbonyl (C=O) groups is 1. The molecule has 1 fully saturated rings. The molecule has 1 aliphatic heterocycles. The summed E-state index contributed by atoms with van der Waals surface area (Å²) in [5.74, 6) is -0.0969. The Kier molecular flexibility index (Phi) is 4.46. The lowest BCUT2D eigenvalue weighted by Gasteiger charge is -2.25. The summed E-state index contributed by atoms with van der Waals surface area (Å²) in [5.41, 5.74) is 2.17. The minimum Gasteiger partial charge on any atom is -0.383 e. The van der Waals surface area contributed by atoms with Gasteiger partial charge in [0.1, 0.15) is 5.52 Å². The first-order valence-corrected chi connectivity index (χ1v) is 9.00. The van der Waals surface area contributed by atoms with Crippen molar-refractivity contribution in [2.45, 2.75) is 25.8 Å². The van der Waals surface area contributed by atoms with E-state index in [1.54, 1.807) is 22.3 Å². The fourth-order valence-corrected chi connectivity index (χ4v) is 3.60. The first-order valence-electron chi connectivity index (χ1n) is 9.00. The van der Waals surface area contributed by atoms with Crippen LogP contribution in [-0.4, -0.2) is 51.8 Å². The largest absolute Gasteiger partial charge is 0.383 e. The van der Waals surface area contributed by atoms with Crippen LogP contribution in [0.3, 0.4) is 0 Å². The molecular formula is C19H22N4O3. The number of benzene rings is 1. The van der Waals surface area contributed by atoms with E-state index in [2.05, 4.69) is 5.10 Å². The minimum absolute atomic E-state index is 0.0969. The third kappa shape index (κ3) is 2.78. The van der Waals surface area contributed by atoms with E-state index < -0.39 is 0 Å². The van der Waals surface area contributed by atoms with Crippen LogP contribution in [0.25, 0.3) is 16.6 Å². The van der Waals surface area contributed by atoms with Crippen molar-refractivity contribution < 1.29 is 9.53 Å². The van der Waals surface area contributed by atoms with Gasteiger partial charge in [-0.15, -0.1) is 0 Å². The molecule has 0 spiro atoms. The van der Waals surface area contributed by atoms with E-state index in [0.717, 1.165) is 43.4 Å². The standard InChI is InChI=1S/C19H22N4O3/c1-26-12-11-22-15-7-3-4-8-16(15)23-17(19(22)25)13-14(20-23)18(24)21-9-5-2-6-10-21/h3-4,7-8,13H,2,5-6,9-12H2,1H3. The lowest BCUT2D eigenvalue weighted by molar-refractivity contribution is 0.0718. The molecule has 1 saturated heterocycles. The van der Waals surface area contributed by atoms with Gasteiger partial charge >= 0.3 is 0 Å². The smallest absolute Gasteiger partial charge is 0.277 e. The van der Waals surface area contributed by atoms with Crippen molar-refractivity contribution in [3.63, 3.8) is 0 Å². The molecule has 0 saturated carbocycles. The van der Waals surface area contributed by atoms with Crippen molar-refractivity contribution in [3.8, 4) is 0 Å². The molecule has 1 aliphatic rings. The number of fused-ring (bicyclic) bond motifs is 3. The number of likely N-dealkylation sites (tertiary alicyclic amines) is 1. The molecule has 0 bridgehead atoms. The number of nitrogens with zero attached hydrogens (tertiary/aromatic N) is 4. The van der Waals surface area contributed by atoms with Gasteiger partial charge in [0.2, 0.25) is 0 Å². The normalized spacial score (nSPS) is 15.0. The quantitative estimate of drug-likeness (QED) is 0.718. The Morgan fingerprint density at radius 1 is 1.12 bits per heavy atom. The maximum atomic E-state index is 13.0. The van der Waals surface area contributed by atoms with Crippen LogP contribution in [-0.2, 0) is 11.3 Å². The van der Waals surface area contributed by atoms with Crippen LogP contribution in [0.1, 0.15) is 29.8 Å². The van der Waals surface area contributed by atoms with Crippen molar-refractivity contribution in [1.82, 2.24) is 19.1 Å². The van der Waals surface area contributed by atoms with Gasteiger partial charge in [-0.05, 0) is 31.4 Å². The number of piperidine rings is 1. The number of carbonyl (C=O) groups excluding carboxylic acids is 1. The number of para-hydroxylation sites is 2. The number of aromatic nitrogens is 3. The number of ether oxygens (including phenoxy) is 1. The molecule has 3 heterocycles. The fraction of sp³-hybridized carbons (Fsp3) is 0.421. The Labute approximate surface area is 150 Å². The zero-order chi connectivity index (χ0) is 18.1. The number of hydrogen-bond donors (Lipinski definition) is 0. The molecule has 1 aromatic carbocycles. The van der Waals surface area contributed by atoms with Crippen molar-refractivity contribution in [3.05, 3.63) is 46.4 Å².